The molecule has 4 heteroatoms. The third kappa shape index (κ3) is 2.74. The van der Waals surface area contributed by atoms with Crippen molar-refractivity contribution in [3.63, 3.8) is 0 Å². The smallest absolute Gasteiger partial charge is 0.127 e. The molecule has 1 atom stereocenters. The molecule has 0 bridgehead atoms. The Labute approximate surface area is 140 Å². The molecule has 0 spiro atoms. The van der Waals surface area contributed by atoms with Crippen LogP contribution in [0.3, 0.4) is 0 Å². The summed E-state index contributed by atoms with van der Waals surface area (Å²) in [6, 6.07) is 22.6. The van der Waals surface area contributed by atoms with Gasteiger partial charge in [0.05, 0.1) is 17.4 Å². The second-order valence-electron chi connectivity index (χ2n) is 5.77. The van der Waals surface area contributed by atoms with Crippen molar-refractivity contribution in [3.8, 4) is 11.3 Å². The summed E-state index contributed by atoms with van der Waals surface area (Å²) in [5.41, 5.74) is 4.24. The van der Waals surface area contributed by atoms with Gasteiger partial charge in [0.15, 0.2) is 0 Å². The summed E-state index contributed by atoms with van der Waals surface area (Å²) < 4.78 is 1.86. The van der Waals surface area contributed by atoms with E-state index in [0.29, 0.717) is 0 Å². The summed E-state index contributed by atoms with van der Waals surface area (Å²) in [5, 5.41) is 7.86. The third-order valence-electron chi connectivity index (χ3n) is 4.12. The lowest BCUT2D eigenvalue weighted by molar-refractivity contribution is 0.875. The van der Waals surface area contributed by atoms with E-state index in [-0.39, 0.29) is 6.04 Å². The van der Waals surface area contributed by atoms with Crippen LogP contribution < -0.4 is 5.32 Å². The number of nitrogens with zero attached hydrogens (tertiary/aromatic N) is 3. The van der Waals surface area contributed by atoms with Gasteiger partial charge >= 0.3 is 0 Å². The van der Waals surface area contributed by atoms with E-state index in [0.717, 1.165) is 22.6 Å². The molecule has 3 heterocycles. The maximum absolute atomic E-state index is 4.77. The zero-order valence-corrected chi connectivity index (χ0v) is 13.4. The minimum absolute atomic E-state index is 0.192. The van der Waals surface area contributed by atoms with Gasteiger partial charge in [0.25, 0.3) is 0 Å². The van der Waals surface area contributed by atoms with E-state index < -0.39 is 0 Å². The van der Waals surface area contributed by atoms with Crippen molar-refractivity contribution in [2.24, 2.45) is 0 Å². The molecule has 0 radical (unpaired) electrons. The molecule has 0 fully saturated rings. The van der Waals surface area contributed by atoms with Crippen molar-refractivity contribution in [2.75, 3.05) is 5.32 Å². The standard InChI is InChI=1S/C20H18N4/c1-15(16-8-3-2-4-9-16)22-20-12-7-10-18(23-20)17-14-21-24-13-6-5-11-19(17)24/h2-15H,1H3,(H,22,23)/t15-/m0/s1. The molecule has 0 amide bonds. The van der Waals surface area contributed by atoms with Gasteiger partial charge in [-0.2, -0.15) is 5.10 Å². The highest BCUT2D eigenvalue weighted by molar-refractivity contribution is 5.78. The summed E-state index contributed by atoms with van der Waals surface area (Å²) in [6.45, 7) is 2.14. The Hall–Kier alpha value is -3.14. The molecular weight excluding hydrogens is 296 g/mol. The van der Waals surface area contributed by atoms with Crippen LogP contribution >= 0.6 is 0 Å². The fourth-order valence-electron chi connectivity index (χ4n) is 2.84. The minimum atomic E-state index is 0.192. The van der Waals surface area contributed by atoms with E-state index >= 15 is 0 Å². The SMILES string of the molecule is C[C@H](Nc1cccc(-c2cnn3ccccc23)n1)c1ccccc1. The predicted octanol–water partition coefficient (Wildman–Crippen LogP) is 4.57. The largest absolute Gasteiger partial charge is 0.364 e. The monoisotopic (exact) mass is 314 g/mol. The molecule has 1 N–H and O–H groups in total. The predicted molar refractivity (Wildman–Crippen MR) is 96.9 cm³/mol. The molecule has 4 nitrogen and oxygen atoms in total. The Morgan fingerprint density at radius 1 is 0.917 bits per heavy atom. The van der Waals surface area contributed by atoms with Crippen LogP contribution in [-0.4, -0.2) is 14.6 Å². The Morgan fingerprint density at radius 3 is 2.62 bits per heavy atom. The van der Waals surface area contributed by atoms with Crippen LogP contribution in [0.2, 0.25) is 0 Å². The van der Waals surface area contributed by atoms with Gasteiger partial charge < -0.3 is 5.32 Å². The van der Waals surface area contributed by atoms with E-state index in [1.807, 2.05) is 53.3 Å². The van der Waals surface area contributed by atoms with Crippen molar-refractivity contribution < 1.29 is 0 Å². The van der Waals surface area contributed by atoms with E-state index in [1.54, 1.807) is 0 Å². The molecule has 4 rings (SSSR count). The zero-order chi connectivity index (χ0) is 16.4. The van der Waals surface area contributed by atoms with E-state index in [4.69, 9.17) is 4.98 Å². The van der Waals surface area contributed by atoms with Crippen molar-refractivity contribution in [3.05, 3.63) is 84.7 Å². The topological polar surface area (TPSA) is 42.2 Å². The molecule has 0 aliphatic heterocycles. The second kappa shape index (κ2) is 6.16. The average molecular weight is 314 g/mol. The van der Waals surface area contributed by atoms with Gasteiger partial charge in [0.2, 0.25) is 0 Å². The maximum atomic E-state index is 4.77. The van der Waals surface area contributed by atoms with Crippen LogP contribution in [0.1, 0.15) is 18.5 Å². The van der Waals surface area contributed by atoms with E-state index in [9.17, 15) is 0 Å². The van der Waals surface area contributed by atoms with Gasteiger partial charge in [-0.3, -0.25) is 0 Å². The van der Waals surface area contributed by atoms with Crippen molar-refractivity contribution in [2.45, 2.75) is 13.0 Å². The van der Waals surface area contributed by atoms with Crippen LogP contribution in [0.25, 0.3) is 16.8 Å². The number of pyridine rings is 2. The summed E-state index contributed by atoms with van der Waals surface area (Å²) in [5.74, 6) is 0.860. The molecule has 0 aliphatic carbocycles. The summed E-state index contributed by atoms with van der Waals surface area (Å²) in [7, 11) is 0. The molecular formula is C20H18N4. The third-order valence-corrected chi connectivity index (χ3v) is 4.12. The number of anilines is 1. The second-order valence-corrected chi connectivity index (χ2v) is 5.77. The number of aromatic nitrogens is 3. The zero-order valence-electron chi connectivity index (χ0n) is 13.4. The van der Waals surface area contributed by atoms with Gasteiger partial charge in [-0.05, 0) is 36.8 Å². The van der Waals surface area contributed by atoms with Crippen LogP contribution in [-0.2, 0) is 0 Å². The van der Waals surface area contributed by atoms with Gasteiger partial charge in [-0.1, -0.05) is 42.5 Å². The first kappa shape index (κ1) is 14.5. The lowest BCUT2D eigenvalue weighted by atomic mass is 10.1. The molecule has 118 valence electrons. The quantitative estimate of drug-likeness (QED) is 0.600. The molecule has 0 saturated carbocycles. The Balaban J connectivity index is 1.64. The van der Waals surface area contributed by atoms with Crippen LogP contribution in [0.4, 0.5) is 5.82 Å². The number of benzene rings is 1. The highest BCUT2D eigenvalue weighted by atomic mass is 15.2. The molecule has 0 saturated heterocycles. The van der Waals surface area contributed by atoms with Crippen molar-refractivity contribution in [1.82, 2.24) is 14.6 Å². The first-order chi connectivity index (χ1) is 11.8. The lowest BCUT2D eigenvalue weighted by Crippen LogP contribution is -2.07. The first-order valence-electron chi connectivity index (χ1n) is 8.02. The Bertz CT molecular complexity index is 959. The van der Waals surface area contributed by atoms with Crippen molar-refractivity contribution in [1.29, 1.82) is 0 Å². The number of fused-ring (bicyclic) bond motifs is 1. The molecule has 3 aromatic heterocycles. The summed E-state index contributed by atoms with van der Waals surface area (Å²) in [4.78, 5) is 4.77. The number of hydrogen-bond donors (Lipinski definition) is 1. The fourth-order valence-corrected chi connectivity index (χ4v) is 2.84. The van der Waals surface area contributed by atoms with Crippen LogP contribution in [0.15, 0.2) is 79.1 Å². The van der Waals surface area contributed by atoms with Gasteiger partial charge in [-0.15, -0.1) is 0 Å². The number of hydrogen-bond acceptors (Lipinski definition) is 3. The fraction of sp³-hybridized carbons (Fsp3) is 0.100. The normalized spacial score (nSPS) is 12.2. The molecule has 1 aromatic carbocycles. The average Bonchev–Trinajstić information content (AvgIpc) is 3.07. The Morgan fingerprint density at radius 2 is 1.75 bits per heavy atom. The van der Waals surface area contributed by atoms with E-state index in [2.05, 4.69) is 47.7 Å². The maximum Gasteiger partial charge on any atom is 0.127 e. The van der Waals surface area contributed by atoms with Gasteiger partial charge in [0, 0.05) is 17.8 Å². The molecule has 0 aliphatic rings. The molecule has 4 aromatic rings. The summed E-state index contributed by atoms with van der Waals surface area (Å²) in [6.07, 6.45) is 3.81. The number of rotatable bonds is 4. The minimum Gasteiger partial charge on any atom is -0.364 e. The molecule has 24 heavy (non-hydrogen) atoms. The number of nitrogens with one attached hydrogen (secondary N) is 1. The highest BCUT2D eigenvalue weighted by Crippen LogP contribution is 2.25. The van der Waals surface area contributed by atoms with Gasteiger partial charge in [-0.25, -0.2) is 9.50 Å². The lowest BCUT2D eigenvalue weighted by Gasteiger charge is -2.15. The van der Waals surface area contributed by atoms with Crippen molar-refractivity contribution >= 4 is 11.3 Å². The molecule has 0 unspecified atom stereocenters. The Kier molecular flexibility index (Phi) is 3.71. The van der Waals surface area contributed by atoms with Crippen LogP contribution in [0.5, 0.6) is 0 Å². The highest BCUT2D eigenvalue weighted by Gasteiger charge is 2.10. The van der Waals surface area contributed by atoms with E-state index in [1.165, 1.54) is 5.56 Å². The first-order valence-corrected chi connectivity index (χ1v) is 8.02. The van der Waals surface area contributed by atoms with Gasteiger partial charge in [0.1, 0.15) is 5.82 Å². The summed E-state index contributed by atoms with van der Waals surface area (Å²) >= 11 is 0. The van der Waals surface area contributed by atoms with Crippen LogP contribution in [0, 0.1) is 0 Å².